The van der Waals surface area contributed by atoms with Crippen molar-refractivity contribution >= 4 is 0 Å². The van der Waals surface area contributed by atoms with E-state index in [9.17, 15) is 9.50 Å². The fraction of sp³-hybridized carbons (Fsp3) is 0.429. The molecule has 2 rings (SSSR count). The maximum absolute atomic E-state index is 13.0. The van der Waals surface area contributed by atoms with Crippen LogP contribution in [0.2, 0.25) is 0 Å². The molecule has 0 spiro atoms. The summed E-state index contributed by atoms with van der Waals surface area (Å²) in [5, 5.41) is 14.8. The molecule has 1 heterocycles. The number of hydrogen-bond acceptors (Lipinski definition) is 5. The number of rotatable bonds is 2. The fourth-order valence-electron chi connectivity index (χ4n) is 2.04. The van der Waals surface area contributed by atoms with Crippen LogP contribution in [0.1, 0.15) is 18.4 Å². The number of hydrazine groups is 1. The summed E-state index contributed by atoms with van der Waals surface area (Å²) in [5.41, 5.74) is 4.78. The SMILES string of the molecule is CN(N)/C=C\N.OC1(c2cccc(F)c2)CCNCC1. The van der Waals surface area contributed by atoms with Crippen molar-refractivity contribution in [3.63, 3.8) is 0 Å². The molecule has 6 heteroatoms. The molecule has 0 atom stereocenters. The number of halogens is 1. The summed E-state index contributed by atoms with van der Waals surface area (Å²) in [4.78, 5) is 0. The minimum Gasteiger partial charge on any atom is -0.403 e. The quantitative estimate of drug-likeness (QED) is 0.472. The van der Waals surface area contributed by atoms with Gasteiger partial charge < -0.3 is 21.2 Å². The molecule has 6 N–H and O–H groups in total. The van der Waals surface area contributed by atoms with E-state index >= 15 is 0 Å². The van der Waals surface area contributed by atoms with Gasteiger partial charge in [-0.1, -0.05) is 12.1 Å². The Hall–Kier alpha value is -1.63. The van der Waals surface area contributed by atoms with Gasteiger partial charge in [0.25, 0.3) is 0 Å². The number of nitrogens with two attached hydrogens (primary N) is 2. The van der Waals surface area contributed by atoms with E-state index in [0.717, 1.165) is 13.1 Å². The third kappa shape index (κ3) is 5.16. The summed E-state index contributed by atoms with van der Waals surface area (Å²) in [7, 11) is 1.70. The van der Waals surface area contributed by atoms with Crippen LogP contribution < -0.4 is 16.9 Å². The van der Waals surface area contributed by atoms with Gasteiger partial charge in [-0.25, -0.2) is 10.2 Å². The first-order valence-electron chi connectivity index (χ1n) is 6.53. The van der Waals surface area contributed by atoms with Crippen LogP contribution in [-0.4, -0.2) is 30.3 Å². The van der Waals surface area contributed by atoms with Crippen molar-refractivity contribution in [1.82, 2.24) is 10.3 Å². The number of piperidine rings is 1. The van der Waals surface area contributed by atoms with Crippen molar-refractivity contribution in [2.45, 2.75) is 18.4 Å². The lowest BCUT2D eigenvalue weighted by molar-refractivity contribution is 0.00567. The molecule has 112 valence electrons. The molecule has 0 saturated carbocycles. The normalized spacial score (nSPS) is 17.4. The van der Waals surface area contributed by atoms with Gasteiger partial charge >= 0.3 is 0 Å². The van der Waals surface area contributed by atoms with Crippen LogP contribution in [0.15, 0.2) is 36.7 Å². The molecule has 0 unspecified atom stereocenters. The highest BCUT2D eigenvalue weighted by Gasteiger charge is 2.31. The van der Waals surface area contributed by atoms with Crippen LogP contribution in [-0.2, 0) is 5.60 Å². The topological polar surface area (TPSA) is 87.5 Å². The number of nitrogens with one attached hydrogen (secondary N) is 1. The maximum Gasteiger partial charge on any atom is 0.123 e. The maximum atomic E-state index is 13.0. The lowest BCUT2D eigenvalue weighted by Crippen LogP contribution is -2.39. The van der Waals surface area contributed by atoms with E-state index in [2.05, 4.69) is 5.32 Å². The Kier molecular flexibility index (Phi) is 6.44. The molecule has 1 aliphatic rings. The summed E-state index contributed by atoms with van der Waals surface area (Å²) in [6.45, 7) is 1.57. The molecule has 0 bridgehead atoms. The summed E-state index contributed by atoms with van der Waals surface area (Å²) < 4.78 is 13.0. The Morgan fingerprint density at radius 2 is 2.05 bits per heavy atom. The van der Waals surface area contributed by atoms with E-state index in [0.29, 0.717) is 18.4 Å². The highest BCUT2D eigenvalue weighted by molar-refractivity contribution is 5.23. The molecule has 5 nitrogen and oxygen atoms in total. The minimum atomic E-state index is -0.840. The molecule has 1 aromatic rings. The van der Waals surface area contributed by atoms with Crippen molar-refractivity contribution < 1.29 is 9.50 Å². The van der Waals surface area contributed by atoms with Crippen LogP contribution in [0.4, 0.5) is 4.39 Å². The largest absolute Gasteiger partial charge is 0.403 e. The van der Waals surface area contributed by atoms with Gasteiger partial charge in [0, 0.05) is 19.4 Å². The van der Waals surface area contributed by atoms with Crippen LogP contribution in [0.3, 0.4) is 0 Å². The van der Waals surface area contributed by atoms with Gasteiger partial charge in [-0.15, -0.1) is 0 Å². The van der Waals surface area contributed by atoms with Gasteiger partial charge in [0.2, 0.25) is 0 Å². The third-order valence-corrected chi connectivity index (χ3v) is 3.11. The molecule has 0 aromatic heterocycles. The average Bonchev–Trinajstić information content (AvgIpc) is 2.40. The number of hydrogen-bond donors (Lipinski definition) is 4. The van der Waals surface area contributed by atoms with Crippen molar-refractivity contribution in [2.75, 3.05) is 20.1 Å². The van der Waals surface area contributed by atoms with E-state index in [4.69, 9.17) is 11.6 Å². The molecule has 0 radical (unpaired) electrons. The van der Waals surface area contributed by atoms with E-state index in [1.807, 2.05) is 0 Å². The third-order valence-electron chi connectivity index (χ3n) is 3.11. The summed E-state index contributed by atoms with van der Waals surface area (Å²) in [6.07, 6.45) is 4.23. The van der Waals surface area contributed by atoms with E-state index in [1.54, 1.807) is 25.4 Å². The molecule has 20 heavy (non-hydrogen) atoms. The molecule has 1 aliphatic heterocycles. The molecule has 1 saturated heterocycles. The predicted octanol–water partition coefficient (Wildman–Crippen LogP) is 0.619. The molecule has 1 fully saturated rings. The second-order valence-electron chi connectivity index (χ2n) is 4.80. The minimum absolute atomic E-state index is 0.283. The predicted molar refractivity (Wildman–Crippen MR) is 77.7 cm³/mol. The lowest BCUT2D eigenvalue weighted by atomic mass is 9.85. The molecular weight excluding hydrogens is 259 g/mol. The van der Waals surface area contributed by atoms with E-state index in [1.165, 1.54) is 23.3 Å². The van der Waals surface area contributed by atoms with Crippen molar-refractivity contribution in [2.24, 2.45) is 11.6 Å². The van der Waals surface area contributed by atoms with Crippen LogP contribution in [0, 0.1) is 5.82 Å². The average molecular weight is 282 g/mol. The van der Waals surface area contributed by atoms with Gasteiger partial charge in [0.1, 0.15) is 5.82 Å². The lowest BCUT2D eigenvalue weighted by Gasteiger charge is -2.33. The second-order valence-corrected chi connectivity index (χ2v) is 4.80. The number of nitrogens with zero attached hydrogens (tertiary/aromatic N) is 1. The molecule has 0 aliphatic carbocycles. The first kappa shape index (κ1) is 16.4. The highest BCUT2D eigenvalue weighted by atomic mass is 19.1. The smallest absolute Gasteiger partial charge is 0.123 e. The first-order chi connectivity index (χ1) is 9.48. The Morgan fingerprint density at radius 3 is 2.50 bits per heavy atom. The molecule has 0 amide bonds. The monoisotopic (exact) mass is 282 g/mol. The number of benzene rings is 1. The summed E-state index contributed by atoms with van der Waals surface area (Å²) >= 11 is 0. The Morgan fingerprint density at radius 1 is 1.40 bits per heavy atom. The first-order valence-corrected chi connectivity index (χ1v) is 6.53. The molecule has 1 aromatic carbocycles. The Labute approximate surface area is 119 Å². The highest BCUT2D eigenvalue weighted by Crippen LogP contribution is 2.30. The Bertz CT molecular complexity index is 431. The number of aliphatic hydroxyl groups is 1. The van der Waals surface area contributed by atoms with Gasteiger partial charge in [0.05, 0.1) is 5.60 Å². The zero-order valence-electron chi connectivity index (χ0n) is 11.7. The van der Waals surface area contributed by atoms with Crippen LogP contribution in [0.25, 0.3) is 0 Å². The zero-order chi connectivity index (χ0) is 15.0. The summed E-state index contributed by atoms with van der Waals surface area (Å²) in [6, 6.07) is 6.25. The van der Waals surface area contributed by atoms with Crippen molar-refractivity contribution in [1.29, 1.82) is 0 Å². The standard InChI is InChI=1S/C11H14FNO.C3H9N3/c12-10-3-1-2-9(8-10)11(14)4-6-13-7-5-11;1-6(5)3-2-4/h1-3,8,13-14H,4-7H2;2-3H,4-5H2,1H3/b;3-2-. The van der Waals surface area contributed by atoms with Crippen LogP contribution >= 0.6 is 0 Å². The Balaban J connectivity index is 0.000000286. The van der Waals surface area contributed by atoms with Gasteiger partial charge in [-0.2, -0.15) is 0 Å². The van der Waals surface area contributed by atoms with Crippen molar-refractivity contribution in [3.05, 3.63) is 48.0 Å². The fourth-order valence-corrected chi connectivity index (χ4v) is 2.04. The van der Waals surface area contributed by atoms with E-state index < -0.39 is 5.60 Å². The van der Waals surface area contributed by atoms with Crippen molar-refractivity contribution in [3.8, 4) is 0 Å². The summed E-state index contributed by atoms with van der Waals surface area (Å²) in [5.74, 6) is 4.79. The van der Waals surface area contributed by atoms with Gasteiger partial charge in [-0.3, -0.25) is 0 Å². The van der Waals surface area contributed by atoms with E-state index in [-0.39, 0.29) is 5.82 Å². The van der Waals surface area contributed by atoms with Gasteiger partial charge in [-0.05, 0) is 43.6 Å². The van der Waals surface area contributed by atoms with Crippen LogP contribution in [0.5, 0.6) is 0 Å². The molecular formula is C14H23FN4O. The zero-order valence-corrected chi connectivity index (χ0v) is 11.7. The van der Waals surface area contributed by atoms with Gasteiger partial charge in [0.15, 0.2) is 0 Å². The second kappa shape index (κ2) is 7.84.